The van der Waals surface area contributed by atoms with Crippen LogP contribution in [0.4, 0.5) is 0 Å². The van der Waals surface area contributed by atoms with E-state index in [1.165, 1.54) is 0 Å². The number of aryl methyl sites for hydroxylation is 1. The van der Waals surface area contributed by atoms with Crippen LogP contribution in [0.15, 0.2) is 12.1 Å². The Kier molecular flexibility index (Phi) is 2.82. The maximum absolute atomic E-state index is 11.8. The molecular weight excluding hydrogens is 264 g/mol. The van der Waals surface area contributed by atoms with Gasteiger partial charge in [0.2, 0.25) is 0 Å². The third-order valence-electron chi connectivity index (χ3n) is 3.35. The Balaban J connectivity index is 2.07. The number of esters is 1. The molecule has 0 spiro atoms. The summed E-state index contributed by atoms with van der Waals surface area (Å²) in [5.74, 6) is -0.355. The Hall–Kier alpha value is -1.81. The molecule has 2 aromatic rings. The summed E-state index contributed by atoms with van der Waals surface area (Å²) >= 11 is 6.13. The average molecular weight is 277 g/mol. The van der Waals surface area contributed by atoms with Crippen molar-refractivity contribution in [3.63, 3.8) is 0 Å². The number of nitrogens with one attached hydrogen (secondary N) is 1. The lowest BCUT2D eigenvalue weighted by molar-refractivity contribution is 0.0518. The van der Waals surface area contributed by atoms with E-state index in [-0.39, 0.29) is 5.97 Å². The lowest BCUT2D eigenvalue weighted by atomic mass is 10.1. The number of hydrogen-bond donors (Lipinski definition) is 1. The molecule has 4 nitrogen and oxygen atoms in total. The van der Waals surface area contributed by atoms with Crippen LogP contribution in [0.1, 0.15) is 34.1 Å². The fraction of sp³-hybridized carbons (Fsp3) is 0.286. The minimum absolute atomic E-state index is 0.352. The molecule has 0 atom stereocenters. The van der Waals surface area contributed by atoms with Crippen LogP contribution in [0, 0.1) is 6.92 Å². The third kappa shape index (κ3) is 1.83. The van der Waals surface area contributed by atoms with Crippen molar-refractivity contribution in [1.82, 2.24) is 10.2 Å². The summed E-state index contributed by atoms with van der Waals surface area (Å²) in [5.41, 5.74) is 5.33. The molecule has 0 unspecified atom stereocenters. The van der Waals surface area contributed by atoms with Crippen LogP contribution < -0.4 is 0 Å². The Bertz CT molecular complexity index is 676. The minimum Gasteiger partial charge on any atom is -0.461 e. The van der Waals surface area contributed by atoms with Crippen LogP contribution in [0.3, 0.4) is 0 Å². The molecule has 0 radical (unpaired) electrons. The van der Waals surface area contributed by atoms with E-state index in [1.807, 2.05) is 19.1 Å². The van der Waals surface area contributed by atoms with Gasteiger partial charge < -0.3 is 4.74 Å². The van der Waals surface area contributed by atoms with Gasteiger partial charge in [-0.05, 0) is 37.1 Å². The number of H-pyrrole nitrogens is 1. The van der Waals surface area contributed by atoms with Crippen molar-refractivity contribution in [2.75, 3.05) is 6.61 Å². The summed E-state index contributed by atoms with van der Waals surface area (Å²) in [6, 6.07) is 3.96. The molecule has 0 saturated heterocycles. The van der Waals surface area contributed by atoms with Crippen molar-refractivity contribution >= 4 is 17.6 Å². The number of rotatable bonds is 2. The summed E-state index contributed by atoms with van der Waals surface area (Å²) in [4.78, 5) is 11.8. The number of fused-ring (bicyclic) bond motifs is 3. The van der Waals surface area contributed by atoms with Gasteiger partial charge in [0.1, 0.15) is 5.69 Å². The van der Waals surface area contributed by atoms with Gasteiger partial charge >= 0.3 is 5.97 Å². The van der Waals surface area contributed by atoms with Gasteiger partial charge in [0.25, 0.3) is 0 Å². The average Bonchev–Trinajstić information content (AvgIpc) is 2.90. The normalized spacial score (nSPS) is 12.2. The molecule has 0 aliphatic heterocycles. The van der Waals surface area contributed by atoms with E-state index >= 15 is 0 Å². The Morgan fingerprint density at radius 3 is 3.05 bits per heavy atom. The second kappa shape index (κ2) is 4.38. The molecule has 1 aliphatic rings. The summed E-state index contributed by atoms with van der Waals surface area (Å²) in [6.07, 6.45) is 0.662. The molecule has 1 aromatic carbocycles. The molecule has 0 fully saturated rings. The van der Waals surface area contributed by atoms with E-state index in [2.05, 4.69) is 10.2 Å². The highest BCUT2D eigenvalue weighted by atomic mass is 35.5. The van der Waals surface area contributed by atoms with Gasteiger partial charge in [-0.25, -0.2) is 4.79 Å². The second-order valence-corrected chi connectivity index (χ2v) is 4.99. The van der Waals surface area contributed by atoms with Crippen molar-refractivity contribution < 1.29 is 9.53 Å². The number of ether oxygens (including phenoxy) is 1. The number of hydrogen-bond acceptors (Lipinski definition) is 3. The number of nitrogens with zero attached hydrogens (tertiary/aromatic N) is 1. The zero-order valence-corrected chi connectivity index (χ0v) is 11.5. The van der Waals surface area contributed by atoms with Crippen molar-refractivity contribution in [2.45, 2.75) is 20.3 Å². The first-order chi connectivity index (χ1) is 9.11. The van der Waals surface area contributed by atoms with E-state index in [0.29, 0.717) is 18.7 Å². The predicted octanol–water partition coefficient (Wildman–Crippen LogP) is 3.12. The molecule has 98 valence electrons. The molecule has 19 heavy (non-hydrogen) atoms. The Labute approximate surface area is 115 Å². The number of carbonyl (C=O) groups excluding carboxylic acids is 1. The summed E-state index contributed by atoms with van der Waals surface area (Å²) in [5, 5.41) is 7.76. The van der Waals surface area contributed by atoms with Gasteiger partial charge in [-0.3, -0.25) is 5.10 Å². The molecule has 1 aromatic heterocycles. The van der Waals surface area contributed by atoms with Crippen molar-refractivity contribution in [3.8, 4) is 11.3 Å². The highest BCUT2D eigenvalue weighted by molar-refractivity contribution is 6.31. The first-order valence-corrected chi connectivity index (χ1v) is 6.53. The van der Waals surface area contributed by atoms with Crippen LogP contribution in [-0.4, -0.2) is 22.8 Å². The number of halogens is 1. The zero-order chi connectivity index (χ0) is 13.6. The highest BCUT2D eigenvalue weighted by Crippen LogP contribution is 2.39. The van der Waals surface area contributed by atoms with Crippen LogP contribution in [0.5, 0.6) is 0 Å². The highest BCUT2D eigenvalue weighted by Gasteiger charge is 2.28. The van der Waals surface area contributed by atoms with Gasteiger partial charge in [0.15, 0.2) is 0 Å². The minimum atomic E-state index is -0.355. The maximum Gasteiger partial charge on any atom is 0.356 e. The van der Waals surface area contributed by atoms with E-state index in [1.54, 1.807) is 6.92 Å². The van der Waals surface area contributed by atoms with Crippen molar-refractivity contribution in [3.05, 3.63) is 39.5 Å². The molecule has 0 saturated carbocycles. The number of benzene rings is 1. The smallest absolute Gasteiger partial charge is 0.356 e. The van der Waals surface area contributed by atoms with Gasteiger partial charge in [-0.15, -0.1) is 0 Å². The van der Waals surface area contributed by atoms with E-state index in [9.17, 15) is 4.79 Å². The van der Waals surface area contributed by atoms with Crippen LogP contribution in [0.25, 0.3) is 11.3 Å². The molecule has 5 heteroatoms. The molecule has 0 amide bonds. The van der Waals surface area contributed by atoms with Gasteiger partial charge in [0, 0.05) is 22.6 Å². The van der Waals surface area contributed by atoms with Gasteiger partial charge in [-0.1, -0.05) is 11.6 Å². The molecular formula is C14H13ClN2O2. The molecule has 3 rings (SSSR count). The first kappa shape index (κ1) is 12.2. The largest absolute Gasteiger partial charge is 0.461 e. The van der Waals surface area contributed by atoms with Crippen molar-refractivity contribution in [2.24, 2.45) is 0 Å². The topological polar surface area (TPSA) is 55.0 Å². The van der Waals surface area contributed by atoms with E-state index in [0.717, 1.165) is 33.0 Å². The fourth-order valence-corrected chi connectivity index (χ4v) is 2.60. The summed E-state index contributed by atoms with van der Waals surface area (Å²) < 4.78 is 5.02. The van der Waals surface area contributed by atoms with E-state index in [4.69, 9.17) is 16.3 Å². The lowest BCUT2D eigenvalue weighted by Gasteiger charge is -2.03. The lowest BCUT2D eigenvalue weighted by Crippen LogP contribution is -2.07. The zero-order valence-electron chi connectivity index (χ0n) is 10.7. The monoisotopic (exact) mass is 276 g/mol. The van der Waals surface area contributed by atoms with Gasteiger partial charge in [-0.2, -0.15) is 5.10 Å². The van der Waals surface area contributed by atoms with E-state index < -0.39 is 0 Å². The van der Waals surface area contributed by atoms with Crippen LogP contribution in [-0.2, 0) is 11.2 Å². The third-order valence-corrected chi connectivity index (χ3v) is 3.76. The fourth-order valence-electron chi connectivity index (χ4n) is 2.41. The Morgan fingerprint density at radius 2 is 2.32 bits per heavy atom. The maximum atomic E-state index is 11.8. The Morgan fingerprint density at radius 1 is 1.53 bits per heavy atom. The first-order valence-electron chi connectivity index (χ1n) is 6.15. The molecule has 1 heterocycles. The van der Waals surface area contributed by atoms with Crippen LogP contribution >= 0.6 is 11.6 Å². The summed E-state index contributed by atoms with van der Waals surface area (Å²) in [6.45, 7) is 4.09. The molecule has 0 bridgehead atoms. The number of aromatic amines is 1. The standard InChI is InChI=1S/C14H13ClN2O2/c1-3-19-14(18)13-10-5-8-6-11(15)7(2)4-9(8)12(10)16-17-13/h4,6H,3,5H2,1-2H3,(H,16,17). The SMILES string of the molecule is CCOC(=O)c1[nH]nc2c1Cc1cc(Cl)c(C)cc1-2. The van der Waals surface area contributed by atoms with Crippen molar-refractivity contribution in [1.29, 1.82) is 0 Å². The molecule has 1 N–H and O–H groups in total. The summed E-state index contributed by atoms with van der Waals surface area (Å²) in [7, 11) is 0. The molecule has 1 aliphatic carbocycles. The van der Waals surface area contributed by atoms with Crippen LogP contribution in [0.2, 0.25) is 5.02 Å². The quantitative estimate of drug-likeness (QED) is 0.732. The van der Waals surface area contributed by atoms with Gasteiger partial charge in [0.05, 0.1) is 12.3 Å². The number of aromatic nitrogens is 2. The second-order valence-electron chi connectivity index (χ2n) is 4.58. The predicted molar refractivity (Wildman–Crippen MR) is 72.5 cm³/mol. The number of carbonyl (C=O) groups is 1.